The number of sulfonamides is 1. The zero-order valence-corrected chi connectivity index (χ0v) is 15.6. The summed E-state index contributed by atoms with van der Waals surface area (Å²) in [5.74, 6) is -0.0327. The first-order valence-corrected chi connectivity index (χ1v) is 10.0. The van der Waals surface area contributed by atoms with E-state index in [1.165, 1.54) is 4.31 Å². The molecule has 0 aliphatic carbocycles. The molecule has 0 saturated carbocycles. The lowest BCUT2D eigenvalue weighted by molar-refractivity contribution is -0.138. The summed E-state index contributed by atoms with van der Waals surface area (Å²) in [5, 5.41) is 0. The molecule has 1 aromatic carbocycles. The van der Waals surface area contributed by atoms with Gasteiger partial charge in [-0.15, -0.1) is 0 Å². The first kappa shape index (κ1) is 20.7. The normalized spacial score (nSPS) is 16.9. The summed E-state index contributed by atoms with van der Waals surface area (Å²) in [6.45, 7) is 4.73. The monoisotopic (exact) mass is 392 g/mol. The van der Waals surface area contributed by atoms with Gasteiger partial charge in [0.2, 0.25) is 15.9 Å². The molecule has 0 atom stereocenters. The number of rotatable bonds is 5. The number of amides is 1. The summed E-state index contributed by atoms with van der Waals surface area (Å²) in [6.07, 6.45) is -3.04. The lowest BCUT2D eigenvalue weighted by atomic mass is 10.0. The molecular formula is C17H23F3N2O3S. The van der Waals surface area contributed by atoms with Crippen molar-refractivity contribution in [2.24, 2.45) is 5.92 Å². The van der Waals surface area contributed by atoms with Crippen LogP contribution >= 0.6 is 0 Å². The van der Waals surface area contributed by atoms with Crippen LogP contribution in [0.4, 0.5) is 13.2 Å². The first-order valence-electron chi connectivity index (χ1n) is 8.57. The van der Waals surface area contributed by atoms with Gasteiger partial charge >= 0.3 is 6.18 Å². The van der Waals surface area contributed by atoms with Crippen molar-refractivity contribution in [3.8, 4) is 0 Å². The quantitative estimate of drug-likeness (QED) is 0.774. The fourth-order valence-electron chi connectivity index (χ4n) is 3.01. The average Bonchev–Trinajstić information content (AvgIpc) is 2.62. The van der Waals surface area contributed by atoms with Crippen LogP contribution in [0.25, 0.3) is 0 Å². The molecule has 1 aliphatic heterocycles. The molecule has 1 heterocycles. The summed E-state index contributed by atoms with van der Waals surface area (Å²) < 4.78 is 64.3. The van der Waals surface area contributed by atoms with E-state index in [4.69, 9.17) is 0 Å². The van der Waals surface area contributed by atoms with Gasteiger partial charge in [-0.3, -0.25) is 4.79 Å². The van der Waals surface area contributed by atoms with E-state index in [1.54, 1.807) is 4.90 Å². The molecule has 0 aromatic heterocycles. The van der Waals surface area contributed by atoms with Crippen molar-refractivity contribution in [1.82, 2.24) is 9.21 Å². The molecule has 146 valence electrons. The van der Waals surface area contributed by atoms with Crippen LogP contribution in [0.1, 0.15) is 32.3 Å². The van der Waals surface area contributed by atoms with Crippen molar-refractivity contribution in [3.63, 3.8) is 0 Å². The number of piperazine rings is 1. The molecule has 0 bridgehead atoms. The van der Waals surface area contributed by atoms with Gasteiger partial charge in [-0.1, -0.05) is 13.8 Å². The average molecular weight is 392 g/mol. The highest BCUT2D eigenvalue weighted by Gasteiger charge is 2.33. The van der Waals surface area contributed by atoms with Crippen molar-refractivity contribution >= 4 is 15.9 Å². The van der Waals surface area contributed by atoms with E-state index >= 15 is 0 Å². The van der Waals surface area contributed by atoms with Gasteiger partial charge in [-0.25, -0.2) is 8.42 Å². The van der Waals surface area contributed by atoms with Gasteiger partial charge in [-0.2, -0.15) is 17.5 Å². The second kappa shape index (κ2) is 7.96. The predicted octanol–water partition coefficient (Wildman–Crippen LogP) is 2.97. The van der Waals surface area contributed by atoms with Crippen LogP contribution in [-0.4, -0.2) is 49.7 Å². The van der Waals surface area contributed by atoms with Gasteiger partial charge in [0.15, 0.2) is 0 Å². The van der Waals surface area contributed by atoms with E-state index in [9.17, 15) is 26.4 Å². The number of hydrogen-bond acceptors (Lipinski definition) is 3. The SMILES string of the molecule is CCC(CC)C(=O)N1CCN(S(=O)(=O)c2ccc(C(F)(F)F)cc2)CC1. The van der Waals surface area contributed by atoms with Crippen LogP contribution in [0, 0.1) is 5.92 Å². The van der Waals surface area contributed by atoms with Crippen molar-refractivity contribution in [1.29, 1.82) is 0 Å². The van der Waals surface area contributed by atoms with Gasteiger partial charge in [0, 0.05) is 32.1 Å². The highest BCUT2D eigenvalue weighted by Crippen LogP contribution is 2.30. The fourth-order valence-corrected chi connectivity index (χ4v) is 4.43. The summed E-state index contributed by atoms with van der Waals surface area (Å²) in [6, 6.07) is 3.47. The number of alkyl halides is 3. The Bertz CT molecular complexity index is 721. The molecule has 0 N–H and O–H groups in total. The molecule has 1 saturated heterocycles. The molecule has 5 nitrogen and oxygen atoms in total. The van der Waals surface area contributed by atoms with Crippen LogP contribution in [0.3, 0.4) is 0 Å². The largest absolute Gasteiger partial charge is 0.416 e. The van der Waals surface area contributed by atoms with Crippen LogP contribution in [0.5, 0.6) is 0 Å². The summed E-state index contributed by atoms with van der Waals surface area (Å²) >= 11 is 0. The van der Waals surface area contributed by atoms with Crippen LogP contribution in [0.15, 0.2) is 29.2 Å². The van der Waals surface area contributed by atoms with Gasteiger partial charge in [0.1, 0.15) is 0 Å². The number of carbonyl (C=O) groups excluding carboxylic acids is 1. The smallest absolute Gasteiger partial charge is 0.340 e. The van der Waals surface area contributed by atoms with Crippen LogP contribution < -0.4 is 0 Å². The van der Waals surface area contributed by atoms with Gasteiger partial charge < -0.3 is 4.90 Å². The number of benzene rings is 1. The van der Waals surface area contributed by atoms with Gasteiger partial charge in [-0.05, 0) is 37.1 Å². The lowest BCUT2D eigenvalue weighted by Crippen LogP contribution is -2.51. The van der Waals surface area contributed by atoms with E-state index in [2.05, 4.69) is 0 Å². The Morgan fingerprint density at radius 1 is 1.04 bits per heavy atom. The zero-order chi connectivity index (χ0) is 19.5. The summed E-state index contributed by atoms with van der Waals surface area (Å²) in [7, 11) is -3.88. The Morgan fingerprint density at radius 2 is 1.54 bits per heavy atom. The van der Waals surface area contributed by atoms with Crippen LogP contribution in [0.2, 0.25) is 0 Å². The highest BCUT2D eigenvalue weighted by atomic mass is 32.2. The molecule has 2 rings (SSSR count). The van der Waals surface area contributed by atoms with Crippen molar-refractivity contribution in [2.75, 3.05) is 26.2 Å². The van der Waals surface area contributed by atoms with E-state index in [0.717, 1.165) is 37.1 Å². The molecule has 26 heavy (non-hydrogen) atoms. The maximum atomic E-state index is 12.6. The number of carbonyl (C=O) groups is 1. The van der Waals surface area contributed by atoms with Crippen molar-refractivity contribution in [3.05, 3.63) is 29.8 Å². The van der Waals surface area contributed by atoms with Gasteiger partial charge in [0.05, 0.1) is 10.5 Å². The topological polar surface area (TPSA) is 57.7 Å². The fraction of sp³-hybridized carbons (Fsp3) is 0.588. The second-order valence-corrected chi connectivity index (χ2v) is 8.20. The zero-order valence-electron chi connectivity index (χ0n) is 14.8. The number of nitrogens with zero attached hydrogens (tertiary/aromatic N) is 2. The van der Waals surface area contributed by atoms with E-state index in [1.807, 2.05) is 13.8 Å². The second-order valence-electron chi connectivity index (χ2n) is 6.26. The number of hydrogen-bond donors (Lipinski definition) is 0. The predicted molar refractivity (Wildman–Crippen MR) is 90.9 cm³/mol. The summed E-state index contributed by atoms with van der Waals surface area (Å²) in [4.78, 5) is 13.9. The molecular weight excluding hydrogens is 369 g/mol. The standard InChI is InChI=1S/C17H23F3N2O3S/c1-3-13(4-2)16(23)21-9-11-22(12-10-21)26(24,25)15-7-5-14(6-8-15)17(18,19)20/h5-8,13H,3-4,9-12H2,1-2H3. The Hall–Kier alpha value is -1.61. The summed E-state index contributed by atoms with van der Waals surface area (Å²) in [5.41, 5.74) is -0.892. The third-order valence-electron chi connectivity index (χ3n) is 4.70. The van der Waals surface area contributed by atoms with Gasteiger partial charge in [0.25, 0.3) is 0 Å². The molecule has 1 aromatic rings. The first-order chi connectivity index (χ1) is 12.1. The number of halogens is 3. The maximum absolute atomic E-state index is 12.6. The Kier molecular flexibility index (Phi) is 6.33. The Labute approximate surface area is 151 Å². The minimum atomic E-state index is -4.51. The Morgan fingerprint density at radius 3 is 1.96 bits per heavy atom. The minimum Gasteiger partial charge on any atom is -0.340 e. The molecule has 1 aliphatic rings. The lowest BCUT2D eigenvalue weighted by Gasteiger charge is -2.35. The molecule has 1 amide bonds. The maximum Gasteiger partial charge on any atom is 0.416 e. The molecule has 0 unspecified atom stereocenters. The third-order valence-corrected chi connectivity index (χ3v) is 6.62. The third kappa shape index (κ3) is 4.37. The van der Waals surface area contributed by atoms with E-state index in [0.29, 0.717) is 0 Å². The highest BCUT2D eigenvalue weighted by molar-refractivity contribution is 7.89. The minimum absolute atomic E-state index is 0.0292. The molecule has 9 heteroatoms. The molecule has 0 spiro atoms. The molecule has 1 fully saturated rings. The van der Waals surface area contributed by atoms with E-state index in [-0.39, 0.29) is 42.9 Å². The molecule has 0 radical (unpaired) electrons. The Balaban J connectivity index is 2.07. The van der Waals surface area contributed by atoms with Crippen molar-refractivity contribution in [2.45, 2.75) is 37.8 Å². The van der Waals surface area contributed by atoms with Crippen molar-refractivity contribution < 1.29 is 26.4 Å². The van der Waals surface area contributed by atoms with E-state index < -0.39 is 21.8 Å². The van der Waals surface area contributed by atoms with Crippen LogP contribution in [-0.2, 0) is 21.0 Å².